The number of carbonyl (C=O) groups is 3. The minimum absolute atomic E-state index is 0.150. The molecule has 1 fully saturated rings. The van der Waals surface area contributed by atoms with E-state index in [1.165, 1.54) is 7.11 Å². The van der Waals surface area contributed by atoms with Gasteiger partial charge in [-0.1, -0.05) is 0 Å². The van der Waals surface area contributed by atoms with E-state index in [9.17, 15) is 14.4 Å². The van der Waals surface area contributed by atoms with Crippen molar-refractivity contribution < 1.29 is 29.0 Å². The van der Waals surface area contributed by atoms with Crippen LogP contribution >= 0.6 is 0 Å². The highest BCUT2D eigenvalue weighted by Gasteiger charge is 2.32. The average molecular weight is 288 g/mol. The number of hydrogen-bond acceptors (Lipinski definition) is 6. The van der Waals surface area contributed by atoms with Crippen LogP contribution in [0, 0.1) is 0 Å². The van der Waals surface area contributed by atoms with Crippen LogP contribution in [-0.2, 0) is 19.1 Å². The summed E-state index contributed by atoms with van der Waals surface area (Å²) in [4.78, 5) is 34.8. The number of amides is 1. The Balaban J connectivity index is 2.52. The summed E-state index contributed by atoms with van der Waals surface area (Å²) in [5.41, 5.74) is 0. The second-order valence-corrected chi connectivity index (χ2v) is 4.49. The molecule has 8 nitrogen and oxygen atoms in total. The van der Waals surface area contributed by atoms with E-state index in [2.05, 4.69) is 10.1 Å². The quantitative estimate of drug-likeness (QED) is 0.653. The summed E-state index contributed by atoms with van der Waals surface area (Å²) in [6, 6.07) is -0.549. The van der Waals surface area contributed by atoms with Crippen LogP contribution in [0.1, 0.15) is 19.8 Å². The van der Waals surface area contributed by atoms with Crippen molar-refractivity contribution in [1.82, 2.24) is 10.2 Å². The van der Waals surface area contributed by atoms with Gasteiger partial charge >= 0.3 is 18.0 Å². The maximum absolute atomic E-state index is 11.6. The molecular formula is C12H20N2O6. The Morgan fingerprint density at radius 1 is 1.35 bits per heavy atom. The number of nitrogens with one attached hydrogen (secondary N) is 1. The van der Waals surface area contributed by atoms with Gasteiger partial charge in [-0.05, 0) is 19.8 Å². The summed E-state index contributed by atoms with van der Waals surface area (Å²) >= 11 is 0. The Labute approximate surface area is 117 Å². The van der Waals surface area contributed by atoms with Gasteiger partial charge in [0.25, 0.3) is 0 Å². The Morgan fingerprint density at radius 2 is 2.05 bits per heavy atom. The van der Waals surface area contributed by atoms with Crippen LogP contribution in [0.25, 0.3) is 0 Å². The zero-order valence-corrected chi connectivity index (χ0v) is 11.6. The fourth-order valence-electron chi connectivity index (χ4n) is 2.15. The van der Waals surface area contributed by atoms with Crippen molar-refractivity contribution in [3.63, 3.8) is 0 Å². The lowest BCUT2D eigenvalue weighted by molar-refractivity contribution is -0.145. The third-order valence-electron chi connectivity index (χ3n) is 3.01. The Kier molecular flexibility index (Phi) is 6.23. The lowest BCUT2D eigenvalue weighted by Gasteiger charge is -2.23. The van der Waals surface area contributed by atoms with Crippen molar-refractivity contribution in [2.45, 2.75) is 31.8 Å². The number of methoxy groups -OCH3 is 1. The molecule has 1 aliphatic rings. The average Bonchev–Trinajstić information content (AvgIpc) is 2.85. The molecule has 1 saturated heterocycles. The summed E-state index contributed by atoms with van der Waals surface area (Å²) < 4.78 is 9.45. The molecule has 0 radical (unpaired) electrons. The summed E-state index contributed by atoms with van der Waals surface area (Å²) in [5, 5.41) is 11.8. The number of carboxylic acids is 1. The third kappa shape index (κ3) is 4.69. The second kappa shape index (κ2) is 7.68. The van der Waals surface area contributed by atoms with E-state index in [0.29, 0.717) is 19.4 Å². The van der Waals surface area contributed by atoms with Gasteiger partial charge in [-0.15, -0.1) is 0 Å². The number of nitrogens with zero attached hydrogens (tertiary/aromatic N) is 1. The molecule has 2 unspecified atom stereocenters. The van der Waals surface area contributed by atoms with Gasteiger partial charge < -0.3 is 14.6 Å². The topological polar surface area (TPSA) is 105 Å². The molecule has 1 amide bonds. The molecule has 20 heavy (non-hydrogen) atoms. The van der Waals surface area contributed by atoms with Crippen LogP contribution < -0.4 is 5.32 Å². The lowest BCUT2D eigenvalue weighted by Crippen LogP contribution is -2.46. The van der Waals surface area contributed by atoms with Crippen LogP contribution in [0.15, 0.2) is 0 Å². The van der Waals surface area contributed by atoms with Crippen LogP contribution in [-0.4, -0.2) is 66.9 Å². The first-order chi connectivity index (χ1) is 9.47. The molecule has 2 atom stereocenters. The highest BCUT2D eigenvalue weighted by Crippen LogP contribution is 2.15. The summed E-state index contributed by atoms with van der Waals surface area (Å²) in [6.07, 6.45) is 0.566. The maximum Gasteiger partial charge on any atom is 0.410 e. The Bertz CT molecular complexity index is 373. The highest BCUT2D eigenvalue weighted by molar-refractivity contribution is 5.77. The lowest BCUT2D eigenvalue weighted by atomic mass is 10.2. The van der Waals surface area contributed by atoms with Gasteiger partial charge in [-0.3, -0.25) is 19.8 Å². The van der Waals surface area contributed by atoms with Gasteiger partial charge in [-0.2, -0.15) is 0 Å². The van der Waals surface area contributed by atoms with Crippen LogP contribution in [0.3, 0.4) is 0 Å². The minimum Gasteiger partial charge on any atom is -0.480 e. The maximum atomic E-state index is 11.6. The number of aliphatic carboxylic acids is 1. The van der Waals surface area contributed by atoms with Crippen molar-refractivity contribution in [3.05, 3.63) is 0 Å². The molecule has 1 aliphatic heterocycles. The SMILES string of the molecule is CCOC(=O)C1CCC(CN(CC(=O)O)C(=O)OC)N1. The van der Waals surface area contributed by atoms with Crippen LogP contribution in [0.4, 0.5) is 4.79 Å². The van der Waals surface area contributed by atoms with Gasteiger partial charge in [0.15, 0.2) is 0 Å². The first kappa shape index (κ1) is 16.2. The van der Waals surface area contributed by atoms with Gasteiger partial charge in [0.2, 0.25) is 0 Å². The monoisotopic (exact) mass is 288 g/mol. The number of carboxylic acid groups (broad SMARTS) is 1. The Hall–Kier alpha value is -1.83. The zero-order chi connectivity index (χ0) is 15.1. The first-order valence-electron chi connectivity index (χ1n) is 6.45. The fraction of sp³-hybridized carbons (Fsp3) is 0.750. The molecule has 0 saturated carbocycles. The molecule has 0 spiro atoms. The number of hydrogen-bond donors (Lipinski definition) is 2. The molecule has 1 rings (SSSR count). The number of esters is 1. The van der Waals surface area contributed by atoms with Crippen LogP contribution in [0.5, 0.6) is 0 Å². The molecule has 8 heteroatoms. The number of carbonyl (C=O) groups excluding carboxylic acids is 2. The van der Waals surface area contributed by atoms with E-state index >= 15 is 0 Å². The van der Waals surface area contributed by atoms with Crippen molar-refractivity contribution in [2.24, 2.45) is 0 Å². The Morgan fingerprint density at radius 3 is 2.60 bits per heavy atom. The van der Waals surface area contributed by atoms with E-state index in [-0.39, 0.29) is 18.6 Å². The standard InChI is InChI=1S/C12H20N2O6/c1-3-20-11(17)9-5-4-8(13-9)6-14(7-10(15)16)12(18)19-2/h8-9,13H,3-7H2,1-2H3,(H,15,16). The van der Waals surface area contributed by atoms with E-state index in [1.807, 2.05) is 0 Å². The van der Waals surface area contributed by atoms with Gasteiger partial charge in [-0.25, -0.2) is 4.79 Å². The van der Waals surface area contributed by atoms with Gasteiger partial charge in [0.1, 0.15) is 12.6 Å². The van der Waals surface area contributed by atoms with E-state index in [4.69, 9.17) is 9.84 Å². The first-order valence-corrected chi connectivity index (χ1v) is 6.45. The third-order valence-corrected chi connectivity index (χ3v) is 3.01. The fourth-order valence-corrected chi connectivity index (χ4v) is 2.15. The predicted octanol–water partition coefficient (Wildman–Crippen LogP) is -0.177. The van der Waals surface area contributed by atoms with E-state index in [0.717, 1.165) is 4.90 Å². The molecular weight excluding hydrogens is 268 g/mol. The predicted molar refractivity (Wildman–Crippen MR) is 68.2 cm³/mol. The highest BCUT2D eigenvalue weighted by atomic mass is 16.5. The molecule has 0 aromatic carbocycles. The van der Waals surface area contributed by atoms with Crippen molar-refractivity contribution in [1.29, 1.82) is 0 Å². The molecule has 0 aliphatic carbocycles. The summed E-state index contributed by atoms with van der Waals surface area (Å²) in [7, 11) is 1.20. The zero-order valence-electron chi connectivity index (χ0n) is 11.6. The van der Waals surface area contributed by atoms with Crippen molar-refractivity contribution in [3.8, 4) is 0 Å². The normalized spacial score (nSPS) is 21.3. The molecule has 0 aromatic rings. The summed E-state index contributed by atoms with van der Waals surface area (Å²) in [5.74, 6) is -1.44. The second-order valence-electron chi connectivity index (χ2n) is 4.49. The smallest absolute Gasteiger partial charge is 0.410 e. The van der Waals surface area contributed by atoms with Crippen molar-refractivity contribution in [2.75, 3.05) is 26.8 Å². The molecule has 2 N–H and O–H groups in total. The molecule has 114 valence electrons. The molecule has 0 bridgehead atoms. The van der Waals surface area contributed by atoms with E-state index in [1.54, 1.807) is 6.92 Å². The van der Waals surface area contributed by atoms with Crippen molar-refractivity contribution >= 4 is 18.0 Å². The molecule has 0 aromatic heterocycles. The number of ether oxygens (including phenoxy) is 2. The van der Waals surface area contributed by atoms with E-state index < -0.39 is 24.6 Å². The van der Waals surface area contributed by atoms with Gasteiger partial charge in [0.05, 0.1) is 13.7 Å². The van der Waals surface area contributed by atoms with Crippen LogP contribution in [0.2, 0.25) is 0 Å². The molecule has 1 heterocycles. The van der Waals surface area contributed by atoms with Gasteiger partial charge in [0, 0.05) is 12.6 Å². The minimum atomic E-state index is -1.12. The number of rotatable bonds is 6. The largest absolute Gasteiger partial charge is 0.480 e. The summed E-state index contributed by atoms with van der Waals surface area (Å²) in [6.45, 7) is 1.79.